The monoisotopic (exact) mass is 366 g/mol. The Kier molecular flexibility index (Phi) is 5.49. The Morgan fingerprint density at radius 3 is 2.54 bits per heavy atom. The van der Waals surface area contributed by atoms with Gasteiger partial charge in [0.15, 0.2) is 0 Å². The van der Waals surface area contributed by atoms with Crippen molar-refractivity contribution in [3.05, 3.63) is 82.1 Å². The highest BCUT2D eigenvalue weighted by Crippen LogP contribution is 2.23. The number of anilines is 2. The van der Waals surface area contributed by atoms with Crippen molar-refractivity contribution in [1.82, 2.24) is 9.97 Å². The number of amides is 1. The molecule has 0 aliphatic carbocycles. The highest BCUT2D eigenvalue weighted by molar-refractivity contribution is 6.31. The van der Waals surface area contributed by atoms with Gasteiger partial charge in [-0.15, -0.1) is 0 Å². The van der Waals surface area contributed by atoms with Gasteiger partial charge in [-0.3, -0.25) is 4.79 Å². The van der Waals surface area contributed by atoms with Crippen molar-refractivity contribution >= 4 is 29.1 Å². The second-order valence-electron chi connectivity index (χ2n) is 6.00. The molecule has 26 heavy (non-hydrogen) atoms. The Hall–Kier alpha value is -2.92. The number of aromatic nitrogens is 2. The molecular weight excluding hydrogens is 348 g/mol. The summed E-state index contributed by atoms with van der Waals surface area (Å²) in [6.07, 6.45) is 3.00. The molecule has 2 N–H and O–H groups in total. The molecular formula is C20H19ClN4O. The van der Waals surface area contributed by atoms with E-state index in [1.807, 2.05) is 19.1 Å². The zero-order chi connectivity index (χ0) is 18.5. The summed E-state index contributed by atoms with van der Waals surface area (Å²) in [6.45, 7) is 4.52. The van der Waals surface area contributed by atoms with E-state index in [4.69, 9.17) is 11.6 Å². The van der Waals surface area contributed by atoms with E-state index in [1.165, 1.54) is 18.0 Å². The van der Waals surface area contributed by atoms with Crippen LogP contribution >= 0.6 is 11.6 Å². The molecule has 0 unspecified atom stereocenters. The normalized spacial score (nSPS) is 10.4. The minimum atomic E-state index is -0.277. The number of benzene rings is 2. The van der Waals surface area contributed by atoms with Crippen LogP contribution < -0.4 is 10.6 Å². The molecule has 0 spiro atoms. The van der Waals surface area contributed by atoms with Crippen LogP contribution in [0.5, 0.6) is 0 Å². The Morgan fingerprint density at radius 1 is 1.08 bits per heavy atom. The van der Waals surface area contributed by atoms with Crippen molar-refractivity contribution in [2.75, 3.05) is 10.6 Å². The first-order valence-corrected chi connectivity index (χ1v) is 8.58. The van der Waals surface area contributed by atoms with Gasteiger partial charge in [0, 0.05) is 29.6 Å². The Balaban J connectivity index is 1.63. The first kappa shape index (κ1) is 17.9. The van der Waals surface area contributed by atoms with Crippen molar-refractivity contribution in [3.63, 3.8) is 0 Å². The molecule has 1 amide bonds. The maximum atomic E-state index is 12.4. The molecule has 5 nitrogen and oxygen atoms in total. The van der Waals surface area contributed by atoms with Crippen molar-refractivity contribution in [2.45, 2.75) is 20.4 Å². The highest BCUT2D eigenvalue weighted by atomic mass is 35.5. The number of carbonyl (C=O) groups excluding carboxylic acids is 1. The standard InChI is InChI=1S/C20H19ClN4O/c1-13-5-3-6-15(9-13)10-22-20-23-11-16(12-24-20)19(26)25-18-8-4-7-17(21)14(18)2/h3-9,11-12H,10H2,1-2H3,(H,25,26)(H,22,23,24). The molecule has 2 aromatic carbocycles. The van der Waals surface area contributed by atoms with Crippen LogP contribution in [0.1, 0.15) is 27.0 Å². The van der Waals surface area contributed by atoms with Gasteiger partial charge in [0.1, 0.15) is 0 Å². The van der Waals surface area contributed by atoms with Crippen molar-refractivity contribution in [1.29, 1.82) is 0 Å². The average Bonchev–Trinajstić information content (AvgIpc) is 2.64. The SMILES string of the molecule is Cc1cccc(CNc2ncc(C(=O)Nc3cccc(Cl)c3C)cn2)c1. The van der Waals surface area contributed by atoms with Crippen LogP contribution in [-0.4, -0.2) is 15.9 Å². The highest BCUT2D eigenvalue weighted by Gasteiger charge is 2.10. The summed E-state index contributed by atoms with van der Waals surface area (Å²) in [5.41, 5.74) is 4.22. The van der Waals surface area contributed by atoms with Crippen molar-refractivity contribution < 1.29 is 4.79 Å². The van der Waals surface area contributed by atoms with Gasteiger partial charge in [0.05, 0.1) is 5.56 Å². The Bertz CT molecular complexity index is 925. The first-order valence-electron chi connectivity index (χ1n) is 8.21. The molecule has 0 aliphatic rings. The van der Waals surface area contributed by atoms with E-state index in [9.17, 15) is 4.79 Å². The zero-order valence-electron chi connectivity index (χ0n) is 14.6. The topological polar surface area (TPSA) is 66.9 Å². The Morgan fingerprint density at radius 2 is 1.81 bits per heavy atom. The number of hydrogen-bond acceptors (Lipinski definition) is 4. The third kappa shape index (κ3) is 4.37. The van der Waals surface area contributed by atoms with Crippen LogP contribution in [-0.2, 0) is 6.54 Å². The van der Waals surface area contributed by atoms with Crippen LogP contribution in [0, 0.1) is 13.8 Å². The smallest absolute Gasteiger partial charge is 0.258 e. The lowest BCUT2D eigenvalue weighted by Crippen LogP contribution is -2.14. The molecule has 0 saturated heterocycles. The first-order chi connectivity index (χ1) is 12.5. The fourth-order valence-corrected chi connectivity index (χ4v) is 2.65. The maximum Gasteiger partial charge on any atom is 0.258 e. The van der Waals surface area contributed by atoms with E-state index in [0.29, 0.717) is 28.8 Å². The summed E-state index contributed by atoms with van der Waals surface area (Å²) in [5.74, 6) is 0.197. The molecule has 0 saturated carbocycles. The number of nitrogens with one attached hydrogen (secondary N) is 2. The third-order valence-corrected chi connectivity index (χ3v) is 4.37. The van der Waals surface area contributed by atoms with Gasteiger partial charge in [0.25, 0.3) is 5.91 Å². The largest absolute Gasteiger partial charge is 0.350 e. The fraction of sp³-hybridized carbons (Fsp3) is 0.150. The van der Waals surface area contributed by atoms with E-state index >= 15 is 0 Å². The lowest BCUT2D eigenvalue weighted by atomic mass is 10.1. The van der Waals surface area contributed by atoms with Crippen LogP contribution in [0.15, 0.2) is 54.9 Å². The van der Waals surface area contributed by atoms with Crippen LogP contribution in [0.3, 0.4) is 0 Å². The van der Waals surface area contributed by atoms with E-state index in [2.05, 4.69) is 39.7 Å². The molecule has 0 atom stereocenters. The molecule has 3 aromatic rings. The number of nitrogens with zero attached hydrogens (tertiary/aromatic N) is 2. The number of hydrogen-bond donors (Lipinski definition) is 2. The molecule has 132 valence electrons. The third-order valence-electron chi connectivity index (χ3n) is 3.96. The molecule has 0 radical (unpaired) electrons. The van der Waals surface area contributed by atoms with Crippen LogP contribution in [0.4, 0.5) is 11.6 Å². The quantitative estimate of drug-likeness (QED) is 0.691. The van der Waals surface area contributed by atoms with Gasteiger partial charge in [0.2, 0.25) is 5.95 Å². The number of halogens is 1. The van der Waals surface area contributed by atoms with Gasteiger partial charge in [-0.05, 0) is 37.1 Å². The fourth-order valence-electron chi connectivity index (χ4n) is 2.48. The minimum Gasteiger partial charge on any atom is -0.350 e. The van der Waals surface area contributed by atoms with Gasteiger partial charge in [-0.1, -0.05) is 47.5 Å². The molecule has 0 bridgehead atoms. The molecule has 0 aliphatic heterocycles. The van der Waals surface area contributed by atoms with E-state index in [1.54, 1.807) is 18.2 Å². The van der Waals surface area contributed by atoms with Gasteiger partial charge in [-0.25, -0.2) is 9.97 Å². The molecule has 3 rings (SSSR count). The predicted octanol–water partition coefficient (Wildman–Crippen LogP) is 4.61. The summed E-state index contributed by atoms with van der Waals surface area (Å²) in [5, 5.41) is 6.58. The second-order valence-corrected chi connectivity index (χ2v) is 6.41. The lowest BCUT2D eigenvalue weighted by Gasteiger charge is -2.10. The van der Waals surface area contributed by atoms with Gasteiger partial charge < -0.3 is 10.6 Å². The molecule has 6 heteroatoms. The van der Waals surface area contributed by atoms with Crippen molar-refractivity contribution in [3.8, 4) is 0 Å². The molecule has 0 fully saturated rings. The summed E-state index contributed by atoms with van der Waals surface area (Å²) in [7, 11) is 0. The second kappa shape index (κ2) is 7.97. The number of aryl methyl sites for hydroxylation is 1. The van der Waals surface area contributed by atoms with E-state index < -0.39 is 0 Å². The van der Waals surface area contributed by atoms with E-state index in [-0.39, 0.29) is 5.91 Å². The number of rotatable bonds is 5. The van der Waals surface area contributed by atoms with Gasteiger partial charge >= 0.3 is 0 Å². The lowest BCUT2D eigenvalue weighted by molar-refractivity contribution is 0.102. The summed E-state index contributed by atoms with van der Waals surface area (Å²) in [6, 6.07) is 13.6. The maximum absolute atomic E-state index is 12.4. The summed E-state index contributed by atoms with van der Waals surface area (Å²) >= 11 is 6.07. The predicted molar refractivity (Wildman–Crippen MR) is 105 cm³/mol. The summed E-state index contributed by atoms with van der Waals surface area (Å²) in [4.78, 5) is 20.8. The van der Waals surface area contributed by atoms with Gasteiger partial charge in [-0.2, -0.15) is 0 Å². The molecule has 1 heterocycles. The minimum absolute atomic E-state index is 0.277. The average molecular weight is 367 g/mol. The zero-order valence-corrected chi connectivity index (χ0v) is 15.3. The van der Waals surface area contributed by atoms with Crippen molar-refractivity contribution in [2.24, 2.45) is 0 Å². The summed E-state index contributed by atoms with van der Waals surface area (Å²) < 4.78 is 0. The Labute approximate surface area is 157 Å². The van der Waals surface area contributed by atoms with Crippen LogP contribution in [0.2, 0.25) is 5.02 Å². The van der Waals surface area contributed by atoms with E-state index in [0.717, 1.165) is 11.1 Å². The van der Waals surface area contributed by atoms with Crippen LogP contribution in [0.25, 0.3) is 0 Å². The molecule has 1 aromatic heterocycles. The number of carbonyl (C=O) groups is 1.